The van der Waals surface area contributed by atoms with Crippen LogP contribution in [0.5, 0.6) is 0 Å². The number of aromatic nitrogens is 2. The van der Waals surface area contributed by atoms with E-state index in [0.29, 0.717) is 34.5 Å². The molecule has 0 aliphatic heterocycles. The van der Waals surface area contributed by atoms with Gasteiger partial charge in [0.2, 0.25) is 0 Å². The van der Waals surface area contributed by atoms with Crippen molar-refractivity contribution in [3.05, 3.63) is 86.6 Å². The van der Waals surface area contributed by atoms with Gasteiger partial charge >= 0.3 is 0 Å². The minimum Gasteiger partial charge on any atom is -0.455 e. The van der Waals surface area contributed by atoms with Crippen LogP contribution < -0.4 is 16.1 Å². The van der Waals surface area contributed by atoms with Crippen LogP contribution in [0.25, 0.3) is 22.3 Å². The van der Waals surface area contributed by atoms with Gasteiger partial charge in [0.25, 0.3) is 5.91 Å². The van der Waals surface area contributed by atoms with E-state index in [2.05, 4.69) is 20.6 Å². The van der Waals surface area contributed by atoms with Crippen molar-refractivity contribution in [1.82, 2.24) is 15.3 Å². The van der Waals surface area contributed by atoms with Gasteiger partial charge < -0.3 is 15.1 Å². The molecule has 0 aliphatic carbocycles. The highest BCUT2D eigenvalue weighted by Crippen LogP contribution is 2.32. The number of nitrogens with one attached hydrogen (secondary N) is 2. The van der Waals surface area contributed by atoms with Gasteiger partial charge in [0.15, 0.2) is 11.1 Å². The summed E-state index contributed by atoms with van der Waals surface area (Å²) in [4.78, 5) is 34.2. The molecule has 0 radical (unpaired) electrons. The SMILES string of the molecule is CCNC(=O)c1nc(Cl)ccc1N[C@H](C)c1cc(C)cc2c(=O)c(C)c(-c3cccnc3)oc12. The molecular formula is C26H25ClN4O3. The van der Waals surface area contributed by atoms with E-state index in [1.54, 1.807) is 37.5 Å². The zero-order chi connectivity index (χ0) is 24.4. The summed E-state index contributed by atoms with van der Waals surface area (Å²) < 4.78 is 6.34. The lowest BCUT2D eigenvalue weighted by molar-refractivity contribution is 0.0951. The minimum absolute atomic E-state index is 0.0894. The van der Waals surface area contributed by atoms with Crippen LogP contribution in [0.4, 0.5) is 5.69 Å². The molecule has 0 fully saturated rings. The summed E-state index contributed by atoms with van der Waals surface area (Å²) in [5.74, 6) is 0.161. The largest absolute Gasteiger partial charge is 0.455 e. The second kappa shape index (κ2) is 9.65. The van der Waals surface area contributed by atoms with E-state index >= 15 is 0 Å². The van der Waals surface area contributed by atoms with Gasteiger partial charge in [-0.15, -0.1) is 0 Å². The number of rotatable bonds is 6. The Balaban J connectivity index is 1.84. The number of pyridine rings is 2. The standard InChI is InChI=1S/C26H25ClN4O3/c1-5-29-26(33)22-20(8-9-21(27)31-22)30-16(4)18-11-14(2)12-19-23(32)15(3)24(34-25(18)19)17-7-6-10-28-13-17/h6-13,16,30H,5H2,1-4H3,(H,29,33)/t16-/m1/s1. The molecule has 4 aromatic rings. The molecule has 1 aromatic carbocycles. The van der Waals surface area contributed by atoms with E-state index in [-0.39, 0.29) is 28.2 Å². The third-order valence-electron chi connectivity index (χ3n) is 5.57. The Morgan fingerprint density at radius 1 is 1.21 bits per heavy atom. The number of nitrogens with zero attached hydrogens (tertiary/aromatic N) is 2. The highest BCUT2D eigenvalue weighted by atomic mass is 35.5. The first-order valence-electron chi connectivity index (χ1n) is 11.0. The molecule has 8 heteroatoms. The average Bonchev–Trinajstić information content (AvgIpc) is 2.83. The Labute approximate surface area is 202 Å². The minimum atomic E-state index is -0.324. The third-order valence-corrected chi connectivity index (χ3v) is 5.78. The number of aryl methyl sites for hydroxylation is 1. The Morgan fingerprint density at radius 3 is 2.71 bits per heavy atom. The predicted molar refractivity (Wildman–Crippen MR) is 134 cm³/mol. The fourth-order valence-electron chi connectivity index (χ4n) is 3.94. The fourth-order valence-corrected chi connectivity index (χ4v) is 4.09. The molecule has 3 aromatic heterocycles. The maximum Gasteiger partial charge on any atom is 0.272 e. The molecule has 0 unspecified atom stereocenters. The predicted octanol–water partition coefficient (Wildman–Crippen LogP) is 5.44. The fraction of sp³-hybridized carbons (Fsp3) is 0.231. The van der Waals surface area contributed by atoms with E-state index in [0.717, 1.165) is 16.7 Å². The summed E-state index contributed by atoms with van der Waals surface area (Å²) in [6.45, 7) is 7.93. The quantitative estimate of drug-likeness (QED) is 0.359. The number of hydrogen-bond donors (Lipinski definition) is 2. The molecule has 174 valence electrons. The van der Waals surface area contributed by atoms with Crippen LogP contribution >= 0.6 is 11.6 Å². The molecule has 0 saturated heterocycles. The average molecular weight is 477 g/mol. The molecule has 7 nitrogen and oxygen atoms in total. The Bertz CT molecular complexity index is 1430. The van der Waals surface area contributed by atoms with Crippen molar-refractivity contribution in [1.29, 1.82) is 0 Å². The van der Waals surface area contributed by atoms with Crippen molar-refractivity contribution >= 4 is 34.2 Å². The highest BCUT2D eigenvalue weighted by Gasteiger charge is 2.21. The van der Waals surface area contributed by atoms with E-state index in [1.165, 1.54) is 0 Å². The molecule has 4 rings (SSSR count). The van der Waals surface area contributed by atoms with Crippen molar-refractivity contribution < 1.29 is 9.21 Å². The molecule has 0 saturated carbocycles. The van der Waals surface area contributed by atoms with Crippen molar-refractivity contribution in [3.63, 3.8) is 0 Å². The topological polar surface area (TPSA) is 97.1 Å². The van der Waals surface area contributed by atoms with Crippen LogP contribution in [-0.4, -0.2) is 22.4 Å². The lowest BCUT2D eigenvalue weighted by atomic mass is 9.99. The first kappa shape index (κ1) is 23.4. The first-order valence-corrected chi connectivity index (χ1v) is 11.4. The first-order chi connectivity index (χ1) is 16.3. The molecule has 1 atom stereocenters. The van der Waals surface area contributed by atoms with Crippen molar-refractivity contribution in [3.8, 4) is 11.3 Å². The van der Waals surface area contributed by atoms with E-state index in [9.17, 15) is 9.59 Å². The lowest BCUT2D eigenvalue weighted by Gasteiger charge is -2.20. The number of fused-ring (bicyclic) bond motifs is 1. The van der Waals surface area contributed by atoms with Crippen LogP contribution in [0, 0.1) is 13.8 Å². The number of amides is 1. The second-order valence-electron chi connectivity index (χ2n) is 8.11. The van der Waals surface area contributed by atoms with Crippen LogP contribution in [0.15, 0.2) is 58.0 Å². The normalized spacial score (nSPS) is 11.9. The van der Waals surface area contributed by atoms with Crippen LogP contribution in [0.2, 0.25) is 5.15 Å². The Hall–Kier alpha value is -3.71. The van der Waals surface area contributed by atoms with E-state index in [4.69, 9.17) is 16.0 Å². The van der Waals surface area contributed by atoms with Gasteiger partial charge in [0, 0.05) is 35.6 Å². The summed E-state index contributed by atoms with van der Waals surface area (Å²) in [5, 5.41) is 6.84. The highest BCUT2D eigenvalue weighted by molar-refractivity contribution is 6.29. The third kappa shape index (κ3) is 4.52. The van der Waals surface area contributed by atoms with Gasteiger partial charge in [-0.3, -0.25) is 14.6 Å². The number of hydrogen-bond acceptors (Lipinski definition) is 6. The summed E-state index contributed by atoms with van der Waals surface area (Å²) in [6, 6.07) is 10.5. The molecule has 0 spiro atoms. The van der Waals surface area contributed by atoms with Gasteiger partial charge in [-0.05, 0) is 63.6 Å². The smallest absolute Gasteiger partial charge is 0.272 e. The van der Waals surface area contributed by atoms with Crippen molar-refractivity contribution in [2.45, 2.75) is 33.7 Å². The molecule has 34 heavy (non-hydrogen) atoms. The van der Waals surface area contributed by atoms with Crippen LogP contribution in [0.1, 0.15) is 47.1 Å². The van der Waals surface area contributed by atoms with Gasteiger partial charge in [-0.1, -0.05) is 17.7 Å². The lowest BCUT2D eigenvalue weighted by Crippen LogP contribution is -2.25. The zero-order valence-electron chi connectivity index (χ0n) is 19.4. The second-order valence-corrected chi connectivity index (χ2v) is 8.50. The number of benzene rings is 1. The molecular weight excluding hydrogens is 452 g/mol. The van der Waals surface area contributed by atoms with Crippen molar-refractivity contribution in [2.75, 3.05) is 11.9 Å². The Kier molecular flexibility index (Phi) is 6.65. The van der Waals surface area contributed by atoms with Crippen molar-refractivity contribution in [2.24, 2.45) is 0 Å². The maximum atomic E-state index is 13.3. The number of carbonyl (C=O) groups is 1. The number of carbonyl (C=O) groups excluding carboxylic acids is 1. The van der Waals surface area contributed by atoms with E-state index in [1.807, 2.05) is 39.0 Å². The number of halogens is 1. The molecule has 0 bridgehead atoms. The Morgan fingerprint density at radius 2 is 2.00 bits per heavy atom. The van der Waals surface area contributed by atoms with Gasteiger partial charge in [-0.25, -0.2) is 4.98 Å². The summed E-state index contributed by atoms with van der Waals surface area (Å²) >= 11 is 6.05. The molecule has 1 amide bonds. The van der Waals surface area contributed by atoms with Gasteiger partial charge in [0.1, 0.15) is 16.5 Å². The maximum absolute atomic E-state index is 13.3. The summed E-state index contributed by atoms with van der Waals surface area (Å²) in [6.07, 6.45) is 3.34. The summed E-state index contributed by atoms with van der Waals surface area (Å²) in [5.41, 5.74) is 4.09. The van der Waals surface area contributed by atoms with Crippen LogP contribution in [-0.2, 0) is 0 Å². The van der Waals surface area contributed by atoms with Crippen LogP contribution in [0.3, 0.4) is 0 Å². The zero-order valence-corrected chi connectivity index (χ0v) is 20.2. The number of anilines is 1. The van der Waals surface area contributed by atoms with Gasteiger partial charge in [-0.2, -0.15) is 0 Å². The van der Waals surface area contributed by atoms with Gasteiger partial charge in [0.05, 0.1) is 17.1 Å². The van der Waals surface area contributed by atoms with E-state index < -0.39 is 0 Å². The molecule has 2 N–H and O–H groups in total. The molecule has 3 heterocycles. The molecule has 0 aliphatic rings. The monoisotopic (exact) mass is 476 g/mol. The summed E-state index contributed by atoms with van der Waals surface area (Å²) in [7, 11) is 0.